The molecular formula is C11H13FN2O3. The minimum atomic E-state index is -1.29. The number of halogens is 1. The number of hydrogen-bond donors (Lipinski definition) is 3. The first-order valence-corrected chi connectivity index (χ1v) is 5.08. The van der Waals surface area contributed by atoms with Gasteiger partial charge in [-0.2, -0.15) is 0 Å². The van der Waals surface area contributed by atoms with Gasteiger partial charge < -0.3 is 15.7 Å². The van der Waals surface area contributed by atoms with Crippen LogP contribution in [0.5, 0.6) is 0 Å². The molecule has 0 radical (unpaired) electrons. The second-order valence-corrected chi connectivity index (χ2v) is 3.32. The number of carbonyl (C=O) groups is 2. The zero-order valence-corrected chi connectivity index (χ0v) is 9.29. The maximum atomic E-state index is 12.9. The highest BCUT2D eigenvalue weighted by atomic mass is 19.1. The van der Waals surface area contributed by atoms with Crippen molar-refractivity contribution in [1.29, 1.82) is 0 Å². The molecule has 17 heavy (non-hydrogen) atoms. The van der Waals surface area contributed by atoms with E-state index < -0.39 is 11.8 Å². The molecule has 3 N–H and O–H groups in total. The molecule has 0 spiro atoms. The number of hydrogen-bond acceptors (Lipinski definition) is 3. The van der Waals surface area contributed by atoms with Gasteiger partial charge in [0, 0.05) is 0 Å². The first-order valence-electron chi connectivity index (χ1n) is 5.08. The van der Waals surface area contributed by atoms with Gasteiger partial charge >= 0.3 is 5.97 Å². The molecule has 1 aromatic carbocycles. The van der Waals surface area contributed by atoms with Crippen LogP contribution in [-0.2, 0) is 4.79 Å². The summed E-state index contributed by atoms with van der Waals surface area (Å²) in [6.45, 7) is 2.55. The largest absolute Gasteiger partial charge is 0.478 e. The zero-order chi connectivity index (χ0) is 12.8. The van der Waals surface area contributed by atoms with Crippen molar-refractivity contribution >= 4 is 17.6 Å². The standard InChI is InChI=1S/C11H13FN2O3/c1-2-13-6-10(15)14-9-4-3-7(12)5-8(9)11(16)17/h3-5,13H,2,6H2,1H3,(H,14,15)(H,16,17). The Morgan fingerprint density at radius 2 is 2.12 bits per heavy atom. The highest BCUT2D eigenvalue weighted by molar-refractivity contribution is 6.01. The van der Waals surface area contributed by atoms with Gasteiger partial charge in [0.2, 0.25) is 5.91 Å². The lowest BCUT2D eigenvalue weighted by molar-refractivity contribution is -0.115. The molecule has 0 fully saturated rings. The molecule has 1 amide bonds. The summed E-state index contributed by atoms with van der Waals surface area (Å²) in [7, 11) is 0. The van der Waals surface area contributed by atoms with Gasteiger partial charge in [0.15, 0.2) is 0 Å². The number of benzene rings is 1. The van der Waals surface area contributed by atoms with E-state index >= 15 is 0 Å². The Balaban J connectivity index is 2.83. The van der Waals surface area contributed by atoms with Crippen molar-refractivity contribution in [3.05, 3.63) is 29.6 Å². The Labute approximate surface area is 97.6 Å². The highest BCUT2D eigenvalue weighted by Gasteiger charge is 2.13. The molecule has 0 aliphatic rings. The number of anilines is 1. The Kier molecular flexibility index (Phi) is 4.59. The fraction of sp³-hybridized carbons (Fsp3) is 0.273. The van der Waals surface area contributed by atoms with E-state index in [4.69, 9.17) is 5.11 Å². The maximum Gasteiger partial charge on any atom is 0.337 e. The van der Waals surface area contributed by atoms with Gasteiger partial charge in [-0.25, -0.2) is 9.18 Å². The molecule has 0 aromatic heterocycles. The minimum Gasteiger partial charge on any atom is -0.478 e. The van der Waals surface area contributed by atoms with Crippen molar-refractivity contribution in [2.45, 2.75) is 6.92 Å². The normalized spacial score (nSPS) is 10.0. The van der Waals surface area contributed by atoms with Crippen molar-refractivity contribution in [3.8, 4) is 0 Å². The van der Waals surface area contributed by atoms with Gasteiger partial charge in [-0.05, 0) is 24.7 Å². The summed E-state index contributed by atoms with van der Waals surface area (Å²) >= 11 is 0. The lowest BCUT2D eigenvalue weighted by Crippen LogP contribution is -2.28. The first-order chi connectivity index (χ1) is 8.04. The SMILES string of the molecule is CCNCC(=O)Nc1ccc(F)cc1C(=O)O. The summed E-state index contributed by atoms with van der Waals surface area (Å²) in [4.78, 5) is 22.2. The molecule has 1 aromatic rings. The van der Waals surface area contributed by atoms with E-state index in [2.05, 4.69) is 10.6 Å². The Morgan fingerprint density at radius 1 is 1.41 bits per heavy atom. The topological polar surface area (TPSA) is 78.4 Å². The van der Waals surface area contributed by atoms with Gasteiger partial charge in [0.05, 0.1) is 17.8 Å². The molecule has 0 unspecified atom stereocenters. The van der Waals surface area contributed by atoms with E-state index in [1.165, 1.54) is 6.07 Å². The molecular weight excluding hydrogens is 227 g/mol. The maximum absolute atomic E-state index is 12.9. The summed E-state index contributed by atoms with van der Waals surface area (Å²) in [5, 5.41) is 14.0. The molecule has 0 atom stereocenters. The average molecular weight is 240 g/mol. The summed E-state index contributed by atoms with van der Waals surface area (Å²) in [6.07, 6.45) is 0. The number of aromatic carboxylic acids is 1. The monoisotopic (exact) mass is 240 g/mol. The van der Waals surface area contributed by atoms with Gasteiger partial charge in [0.1, 0.15) is 5.82 Å². The number of carboxylic acid groups (broad SMARTS) is 1. The van der Waals surface area contributed by atoms with Crippen LogP contribution >= 0.6 is 0 Å². The highest BCUT2D eigenvalue weighted by Crippen LogP contribution is 2.16. The van der Waals surface area contributed by atoms with Crippen molar-refractivity contribution in [3.63, 3.8) is 0 Å². The Morgan fingerprint density at radius 3 is 2.71 bits per heavy atom. The van der Waals surface area contributed by atoms with Gasteiger partial charge in [-0.1, -0.05) is 6.92 Å². The van der Waals surface area contributed by atoms with Crippen LogP contribution in [-0.4, -0.2) is 30.1 Å². The molecule has 0 bridgehead atoms. The number of likely N-dealkylation sites (N-methyl/N-ethyl adjacent to an activating group) is 1. The number of amides is 1. The molecule has 0 aliphatic heterocycles. The van der Waals surface area contributed by atoms with Crippen molar-refractivity contribution < 1.29 is 19.1 Å². The van der Waals surface area contributed by atoms with E-state index in [0.717, 1.165) is 12.1 Å². The average Bonchev–Trinajstić information content (AvgIpc) is 2.28. The second-order valence-electron chi connectivity index (χ2n) is 3.32. The number of nitrogens with one attached hydrogen (secondary N) is 2. The van der Waals surface area contributed by atoms with Crippen LogP contribution in [0.2, 0.25) is 0 Å². The molecule has 92 valence electrons. The molecule has 5 nitrogen and oxygen atoms in total. The van der Waals surface area contributed by atoms with Crippen LogP contribution in [0.4, 0.5) is 10.1 Å². The molecule has 6 heteroatoms. The first kappa shape index (κ1) is 13.1. The lowest BCUT2D eigenvalue weighted by atomic mass is 10.1. The summed E-state index contributed by atoms with van der Waals surface area (Å²) in [5.41, 5.74) is -0.184. The Hall–Kier alpha value is -1.95. The fourth-order valence-electron chi connectivity index (χ4n) is 1.24. The third-order valence-corrected chi connectivity index (χ3v) is 2.02. The van der Waals surface area contributed by atoms with Crippen LogP contribution in [0.15, 0.2) is 18.2 Å². The van der Waals surface area contributed by atoms with E-state index in [1.807, 2.05) is 6.92 Å². The van der Waals surface area contributed by atoms with E-state index in [0.29, 0.717) is 6.54 Å². The zero-order valence-electron chi connectivity index (χ0n) is 9.29. The van der Waals surface area contributed by atoms with Crippen molar-refractivity contribution in [2.75, 3.05) is 18.4 Å². The van der Waals surface area contributed by atoms with Gasteiger partial charge in [0.25, 0.3) is 0 Å². The molecule has 0 saturated carbocycles. The lowest BCUT2D eigenvalue weighted by Gasteiger charge is -2.08. The van der Waals surface area contributed by atoms with E-state index in [-0.39, 0.29) is 23.7 Å². The van der Waals surface area contributed by atoms with Crippen LogP contribution in [0.1, 0.15) is 17.3 Å². The van der Waals surface area contributed by atoms with Crippen LogP contribution in [0.25, 0.3) is 0 Å². The number of carbonyl (C=O) groups excluding carboxylic acids is 1. The van der Waals surface area contributed by atoms with Crippen molar-refractivity contribution in [1.82, 2.24) is 5.32 Å². The molecule has 0 heterocycles. The predicted molar refractivity (Wildman–Crippen MR) is 60.5 cm³/mol. The summed E-state index contributed by atoms with van der Waals surface area (Å²) in [5.74, 6) is -2.32. The van der Waals surface area contributed by atoms with Crippen LogP contribution < -0.4 is 10.6 Å². The second kappa shape index (κ2) is 5.95. The molecule has 0 aliphatic carbocycles. The fourth-order valence-corrected chi connectivity index (χ4v) is 1.24. The van der Waals surface area contributed by atoms with Crippen molar-refractivity contribution in [2.24, 2.45) is 0 Å². The quantitative estimate of drug-likeness (QED) is 0.719. The third-order valence-electron chi connectivity index (χ3n) is 2.02. The van der Waals surface area contributed by atoms with Crippen LogP contribution in [0.3, 0.4) is 0 Å². The van der Waals surface area contributed by atoms with E-state index in [9.17, 15) is 14.0 Å². The summed E-state index contributed by atoms with van der Waals surface area (Å²) in [6, 6.07) is 3.18. The number of rotatable bonds is 5. The predicted octanol–water partition coefficient (Wildman–Crippen LogP) is 1.07. The Bertz CT molecular complexity index is 435. The number of carboxylic acids is 1. The molecule has 1 rings (SSSR count). The van der Waals surface area contributed by atoms with Crippen LogP contribution in [0, 0.1) is 5.82 Å². The summed E-state index contributed by atoms with van der Waals surface area (Å²) < 4.78 is 12.9. The smallest absolute Gasteiger partial charge is 0.337 e. The minimum absolute atomic E-state index is 0.0763. The third kappa shape index (κ3) is 3.84. The van der Waals surface area contributed by atoms with Gasteiger partial charge in [-0.3, -0.25) is 4.79 Å². The van der Waals surface area contributed by atoms with E-state index in [1.54, 1.807) is 0 Å². The van der Waals surface area contributed by atoms with Gasteiger partial charge in [-0.15, -0.1) is 0 Å². The molecule has 0 saturated heterocycles.